The van der Waals surface area contributed by atoms with Crippen molar-refractivity contribution < 1.29 is 0 Å². The Kier molecular flexibility index (Phi) is 3.58. The summed E-state index contributed by atoms with van der Waals surface area (Å²) in [4.78, 5) is 0. The van der Waals surface area contributed by atoms with Gasteiger partial charge < -0.3 is 5.32 Å². The summed E-state index contributed by atoms with van der Waals surface area (Å²) in [5, 5.41) is 3.56. The second-order valence-electron chi connectivity index (χ2n) is 6.07. The molecule has 3 rings (SSSR count). The normalized spacial score (nSPS) is 27.4. The molecule has 1 aromatic rings. The summed E-state index contributed by atoms with van der Waals surface area (Å²) in [5.74, 6) is 1.82. The van der Waals surface area contributed by atoms with E-state index in [4.69, 9.17) is 0 Å². The molecule has 1 aliphatic carbocycles. The molecule has 0 aromatic heterocycles. The van der Waals surface area contributed by atoms with E-state index in [9.17, 15) is 0 Å². The third-order valence-electron chi connectivity index (χ3n) is 4.97. The highest BCUT2D eigenvalue weighted by molar-refractivity contribution is 5.55. The number of nitrogens with one attached hydrogen (secondary N) is 1. The minimum absolute atomic E-state index is 0.821. The van der Waals surface area contributed by atoms with Gasteiger partial charge in [-0.3, -0.25) is 0 Å². The second kappa shape index (κ2) is 5.34. The molecule has 0 unspecified atom stereocenters. The largest absolute Gasteiger partial charge is 0.385 e. The van der Waals surface area contributed by atoms with Crippen LogP contribution in [0.4, 0.5) is 5.69 Å². The average Bonchev–Trinajstić information content (AvgIpc) is 2.47. The lowest BCUT2D eigenvalue weighted by Gasteiger charge is -2.29. The highest BCUT2D eigenvalue weighted by atomic mass is 14.9. The van der Waals surface area contributed by atoms with E-state index < -0.39 is 0 Å². The maximum Gasteiger partial charge on any atom is 0.0375 e. The summed E-state index contributed by atoms with van der Waals surface area (Å²) in [6.45, 7) is 3.49. The Morgan fingerprint density at radius 3 is 2.78 bits per heavy atom. The first kappa shape index (κ1) is 12.1. The second-order valence-corrected chi connectivity index (χ2v) is 6.07. The van der Waals surface area contributed by atoms with Gasteiger partial charge in [-0.1, -0.05) is 25.5 Å². The Hall–Kier alpha value is -0.980. The van der Waals surface area contributed by atoms with Crippen molar-refractivity contribution in [3.8, 4) is 0 Å². The molecule has 1 fully saturated rings. The van der Waals surface area contributed by atoms with Crippen LogP contribution in [-0.4, -0.2) is 6.54 Å². The molecule has 1 N–H and O–H groups in total. The molecule has 18 heavy (non-hydrogen) atoms. The fourth-order valence-corrected chi connectivity index (χ4v) is 3.64. The first-order chi connectivity index (χ1) is 8.86. The van der Waals surface area contributed by atoms with Gasteiger partial charge in [0, 0.05) is 12.2 Å². The molecule has 2 aliphatic rings. The fraction of sp³-hybridized carbons (Fsp3) is 0.647. The van der Waals surface area contributed by atoms with Crippen molar-refractivity contribution in [3.63, 3.8) is 0 Å². The fourth-order valence-electron chi connectivity index (χ4n) is 3.64. The summed E-state index contributed by atoms with van der Waals surface area (Å²) < 4.78 is 0. The van der Waals surface area contributed by atoms with Crippen molar-refractivity contribution in [1.29, 1.82) is 0 Å². The van der Waals surface area contributed by atoms with Crippen LogP contribution in [0, 0.1) is 5.92 Å². The SMILES string of the molecule is CCC1CCC(c2ccc3c(c2)NCCC3)CC1. The quantitative estimate of drug-likeness (QED) is 0.792. The van der Waals surface area contributed by atoms with Gasteiger partial charge in [0.2, 0.25) is 0 Å². The van der Waals surface area contributed by atoms with E-state index >= 15 is 0 Å². The van der Waals surface area contributed by atoms with E-state index in [0.29, 0.717) is 0 Å². The van der Waals surface area contributed by atoms with Gasteiger partial charge in [-0.2, -0.15) is 0 Å². The molecule has 0 amide bonds. The van der Waals surface area contributed by atoms with Crippen molar-refractivity contribution >= 4 is 5.69 Å². The number of hydrogen-bond acceptors (Lipinski definition) is 1. The van der Waals surface area contributed by atoms with Gasteiger partial charge in [0.15, 0.2) is 0 Å². The lowest BCUT2D eigenvalue weighted by molar-refractivity contribution is 0.319. The van der Waals surface area contributed by atoms with Crippen LogP contribution < -0.4 is 5.32 Å². The lowest BCUT2D eigenvalue weighted by Crippen LogP contribution is -2.15. The molecule has 0 bridgehead atoms. The summed E-state index contributed by atoms with van der Waals surface area (Å²) in [6.07, 6.45) is 9.59. The van der Waals surface area contributed by atoms with Crippen LogP contribution >= 0.6 is 0 Å². The number of aryl methyl sites for hydroxylation is 1. The Morgan fingerprint density at radius 2 is 2.00 bits per heavy atom. The van der Waals surface area contributed by atoms with Gasteiger partial charge in [-0.05, 0) is 67.6 Å². The summed E-state index contributed by atoms with van der Waals surface area (Å²) in [7, 11) is 0. The number of benzene rings is 1. The van der Waals surface area contributed by atoms with Crippen LogP contribution in [0.2, 0.25) is 0 Å². The maximum atomic E-state index is 3.56. The number of hydrogen-bond donors (Lipinski definition) is 1. The molecule has 0 atom stereocenters. The van der Waals surface area contributed by atoms with Gasteiger partial charge >= 0.3 is 0 Å². The monoisotopic (exact) mass is 243 g/mol. The Bertz CT molecular complexity index is 402. The van der Waals surface area contributed by atoms with Gasteiger partial charge in [0.25, 0.3) is 0 Å². The van der Waals surface area contributed by atoms with Gasteiger partial charge in [0.05, 0.1) is 0 Å². The first-order valence-electron chi connectivity index (χ1n) is 7.73. The standard InChI is InChI=1S/C17H25N/c1-2-13-5-7-14(8-6-13)16-10-9-15-4-3-11-18-17(15)12-16/h9-10,12-14,18H,2-8,11H2,1H3. The molecule has 0 radical (unpaired) electrons. The number of anilines is 1. The van der Waals surface area contributed by atoms with Crippen molar-refractivity contribution in [2.45, 2.75) is 57.8 Å². The van der Waals surface area contributed by atoms with Crippen LogP contribution in [0.1, 0.15) is 62.5 Å². The molecule has 1 nitrogen and oxygen atoms in total. The van der Waals surface area contributed by atoms with Crippen molar-refractivity contribution in [2.75, 3.05) is 11.9 Å². The van der Waals surface area contributed by atoms with Crippen molar-refractivity contribution in [2.24, 2.45) is 5.92 Å². The number of rotatable bonds is 2. The highest BCUT2D eigenvalue weighted by Gasteiger charge is 2.22. The van der Waals surface area contributed by atoms with Crippen LogP contribution in [0.5, 0.6) is 0 Å². The predicted molar refractivity (Wildman–Crippen MR) is 78.2 cm³/mol. The Labute approximate surface area is 111 Å². The van der Waals surface area contributed by atoms with Gasteiger partial charge in [-0.25, -0.2) is 0 Å². The molecule has 1 heteroatoms. The zero-order valence-corrected chi connectivity index (χ0v) is 11.5. The zero-order chi connectivity index (χ0) is 12.4. The predicted octanol–water partition coefficient (Wildman–Crippen LogP) is 4.73. The summed E-state index contributed by atoms with van der Waals surface area (Å²) >= 11 is 0. The van der Waals surface area contributed by atoms with Crippen LogP contribution in [0.15, 0.2) is 18.2 Å². The number of fused-ring (bicyclic) bond motifs is 1. The molecule has 0 spiro atoms. The minimum atomic E-state index is 0.821. The van der Waals surface area contributed by atoms with Gasteiger partial charge in [-0.15, -0.1) is 0 Å². The van der Waals surface area contributed by atoms with E-state index in [0.717, 1.165) is 18.4 Å². The van der Waals surface area contributed by atoms with E-state index in [1.165, 1.54) is 56.2 Å². The topological polar surface area (TPSA) is 12.0 Å². The van der Waals surface area contributed by atoms with E-state index in [2.05, 4.69) is 30.4 Å². The van der Waals surface area contributed by atoms with E-state index in [1.54, 1.807) is 5.56 Å². The first-order valence-corrected chi connectivity index (χ1v) is 7.73. The molecular weight excluding hydrogens is 218 g/mol. The molecule has 1 heterocycles. The average molecular weight is 243 g/mol. The molecule has 98 valence electrons. The van der Waals surface area contributed by atoms with Crippen LogP contribution in [0.25, 0.3) is 0 Å². The zero-order valence-electron chi connectivity index (χ0n) is 11.5. The minimum Gasteiger partial charge on any atom is -0.385 e. The smallest absolute Gasteiger partial charge is 0.0375 e. The van der Waals surface area contributed by atoms with E-state index in [-0.39, 0.29) is 0 Å². The molecule has 0 saturated heterocycles. The molecular formula is C17H25N. The van der Waals surface area contributed by atoms with Gasteiger partial charge in [0.1, 0.15) is 0 Å². The van der Waals surface area contributed by atoms with Crippen molar-refractivity contribution in [3.05, 3.63) is 29.3 Å². The van der Waals surface area contributed by atoms with Crippen LogP contribution in [0.3, 0.4) is 0 Å². The Balaban J connectivity index is 1.73. The third kappa shape index (κ3) is 2.41. The van der Waals surface area contributed by atoms with E-state index in [1.807, 2.05) is 0 Å². The molecule has 1 aliphatic heterocycles. The summed E-state index contributed by atoms with van der Waals surface area (Å²) in [6, 6.07) is 7.19. The Morgan fingerprint density at radius 1 is 1.17 bits per heavy atom. The molecule has 1 aromatic carbocycles. The highest BCUT2D eigenvalue weighted by Crippen LogP contribution is 2.38. The summed E-state index contributed by atoms with van der Waals surface area (Å²) in [5.41, 5.74) is 4.52. The maximum absolute atomic E-state index is 3.56. The molecule has 1 saturated carbocycles. The van der Waals surface area contributed by atoms with Crippen LogP contribution in [-0.2, 0) is 6.42 Å². The van der Waals surface area contributed by atoms with Crippen molar-refractivity contribution in [1.82, 2.24) is 0 Å². The lowest BCUT2D eigenvalue weighted by atomic mass is 9.77. The third-order valence-corrected chi connectivity index (χ3v) is 4.97.